The van der Waals surface area contributed by atoms with Crippen LogP contribution in [-0.4, -0.2) is 17.7 Å². The van der Waals surface area contributed by atoms with Crippen molar-refractivity contribution < 1.29 is 14.3 Å². The van der Waals surface area contributed by atoms with Crippen LogP contribution >= 0.6 is 0 Å². The number of rotatable bonds is 4. The molecule has 0 radical (unpaired) electrons. The molecule has 1 aliphatic rings. The molecule has 1 amide bonds. The van der Waals surface area contributed by atoms with Gasteiger partial charge in [-0.05, 0) is 61.4 Å². The van der Waals surface area contributed by atoms with Gasteiger partial charge in [-0.3, -0.25) is 9.78 Å². The molecule has 6 nitrogen and oxygen atoms in total. The number of nitrogens with zero attached hydrogens (tertiary/aromatic N) is 1. The number of pyridine rings is 1. The van der Waals surface area contributed by atoms with Gasteiger partial charge in [0.2, 0.25) is 6.79 Å². The Hall–Kier alpha value is -3.54. The van der Waals surface area contributed by atoms with Gasteiger partial charge in [-0.1, -0.05) is 6.07 Å². The Labute approximate surface area is 157 Å². The summed E-state index contributed by atoms with van der Waals surface area (Å²) in [5.41, 5.74) is 5.06. The first-order chi connectivity index (χ1) is 13.1. The van der Waals surface area contributed by atoms with E-state index in [-0.39, 0.29) is 12.7 Å². The van der Waals surface area contributed by atoms with Gasteiger partial charge in [0, 0.05) is 29.3 Å². The van der Waals surface area contributed by atoms with Gasteiger partial charge >= 0.3 is 0 Å². The van der Waals surface area contributed by atoms with Gasteiger partial charge in [0.05, 0.1) is 0 Å². The zero-order valence-corrected chi connectivity index (χ0v) is 15.1. The number of anilines is 3. The number of hydrogen-bond donors (Lipinski definition) is 2. The molecule has 27 heavy (non-hydrogen) atoms. The largest absolute Gasteiger partial charge is 0.454 e. The predicted octanol–water partition coefficient (Wildman–Crippen LogP) is 4.42. The van der Waals surface area contributed by atoms with Crippen LogP contribution in [0.25, 0.3) is 0 Å². The second-order valence-electron chi connectivity index (χ2n) is 6.45. The van der Waals surface area contributed by atoms with Crippen molar-refractivity contribution in [1.29, 1.82) is 0 Å². The van der Waals surface area contributed by atoms with Crippen LogP contribution in [0.3, 0.4) is 0 Å². The van der Waals surface area contributed by atoms with Crippen LogP contribution in [0.1, 0.15) is 21.6 Å². The first-order valence-corrected chi connectivity index (χ1v) is 8.59. The molecule has 2 heterocycles. The highest BCUT2D eigenvalue weighted by Gasteiger charge is 2.15. The fourth-order valence-corrected chi connectivity index (χ4v) is 3.02. The number of fused-ring (bicyclic) bond motifs is 1. The number of hydrogen-bond acceptors (Lipinski definition) is 5. The molecule has 0 unspecified atom stereocenters. The molecule has 1 aliphatic heterocycles. The van der Waals surface area contributed by atoms with Crippen molar-refractivity contribution in [1.82, 2.24) is 4.98 Å². The summed E-state index contributed by atoms with van der Waals surface area (Å²) in [6, 6.07) is 15.0. The van der Waals surface area contributed by atoms with Gasteiger partial charge in [-0.15, -0.1) is 0 Å². The zero-order valence-electron chi connectivity index (χ0n) is 15.1. The Balaban J connectivity index is 1.50. The Bertz CT molecular complexity index is 997. The van der Waals surface area contributed by atoms with Crippen LogP contribution in [0, 0.1) is 13.8 Å². The first-order valence-electron chi connectivity index (χ1n) is 8.59. The molecule has 3 aromatic rings. The molecule has 0 aliphatic carbocycles. The van der Waals surface area contributed by atoms with Crippen LogP contribution in [0.5, 0.6) is 11.5 Å². The number of aromatic nitrogens is 1. The van der Waals surface area contributed by atoms with E-state index in [9.17, 15) is 4.79 Å². The van der Waals surface area contributed by atoms with Crippen molar-refractivity contribution in [3.8, 4) is 11.5 Å². The van der Waals surface area contributed by atoms with Crippen LogP contribution in [0.4, 0.5) is 17.1 Å². The highest BCUT2D eigenvalue weighted by molar-refractivity contribution is 6.03. The summed E-state index contributed by atoms with van der Waals surface area (Å²) < 4.78 is 10.6. The fourth-order valence-electron chi connectivity index (χ4n) is 3.02. The SMILES string of the molecule is Cc1cc(C)cc(Nc2ccnc(C(=O)Nc3ccc4c(c3)OCO4)c2)c1. The highest BCUT2D eigenvalue weighted by atomic mass is 16.7. The molecule has 0 bridgehead atoms. The number of nitrogens with one attached hydrogen (secondary N) is 2. The second kappa shape index (κ2) is 6.99. The molecule has 0 fully saturated rings. The molecular weight excluding hydrogens is 342 g/mol. The lowest BCUT2D eigenvalue weighted by Crippen LogP contribution is -2.13. The third-order valence-electron chi connectivity index (χ3n) is 4.13. The maximum atomic E-state index is 12.6. The molecule has 0 spiro atoms. The zero-order chi connectivity index (χ0) is 18.8. The average Bonchev–Trinajstić information content (AvgIpc) is 3.09. The van der Waals surface area contributed by atoms with Crippen molar-refractivity contribution in [3.05, 3.63) is 71.5 Å². The van der Waals surface area contributed by atoms with E-state index in [4.69, 9.17) is 9.47 Å². The lowest BCUT2D eigenvalue weighted by molar-refractivity contribution is 0.102. The monoisotopic (exact) mass is 361 g/mol. The van der Waals surface area contributed by atoms with E-state index in [1.165, 1.54) is 11.1 Å². The molecule has 0 saturated heterocycles. The summed E-state index contributed by atoms with van der Waals surface area (Å²) in [4.78, 5) is 16.7. The molecule has 4 rings (SSSR count). The number of benzene rings is 2. The third kappa shape index (κ3) is 3.84. The minimum Gasteiger partial charge on any atom is -0.454 e. The summed E-state index contributed by atoms with van der Waals surface area (Å²) in [6.07, 6.45) is 1.61. The van der Waals surface area contributed by atoms with Gasteiger partial charge < -0.3 is 20.1 Å². The van der Waals surface area contributed by atoms with Crippen LogP contribution in [-0.2, 0) is 0 Å². The fraction of sp³-hybridized carbons (Fsp3) is 0.143. The molecule has 6 heteroatoms. The summed E-state index contributed by atoms with van der Waals surface area (Å²) in [6.45, 7) is 4.30. The van der Waals surface area contributed by atoms with Crippen LogP contribution < -0.4 is 20.1 Å². The van der Waals surface area contributed by atoms with Crippen LogP contribution in [0.15, 0.2) is 54.7 Å². The molecule has 2 N–H and O–H groups in total. The summed E-state index contributed by atoms with van der Waals surface area (Å²) in [5, 5.41) is 6.15. The molecule has 1 aromatic heterocycles. The van der Waals surface area contributed by atoms with Crippen molar-refractivity contribution in [3.63, 3.8) is 0 Å². The predicted molar refractivity (Wildman–Crippen MR) is 104 cm³/mol. The molecular formula is C21H19N3O3. The molecule has 0 atom stereocenters. The topological polar surface area (TPSA) is 72.5 Å². The highest BCUT2D eigenvalue weighted by Crippen LogP contribution is 2.34. The quantitative estimate of drug-likeness (QED) is 0.719. The van der Waals surface area contributed by atoms with E-state index >= 15 is 0 Å². The van der Waals surface area contributed by atoms with E-state index < -0.39 is 0 Å². The smallest absolute Gasteiger partial charge is 0.274 e. The number of carbonyl (C=O) groups is 1. The summed E-state index contributed by atoms with van der Waals surface area (Å²) in [5.74, 6) is 0.995. The van der Waals surface area contributed by atoms with E-state index in [2.05, 4.69) is 47.7 Å². The lowest BCUT2D eigenvalue weighted by Gasteiger charge is -2.10. The summed E-state index contributed by atoms with van der Waals surface area (Å²) in [7, 11) is 0. The normalized spacial score (nSPS) is 11.9. The first kappa shape index (κ1) is 16.9. The second-order valence-corrected chi connectivity index (χ2v) is 6.45. The number of carbonyl (C=O) groups excluding carboxylic acids is 1. The van der Waals surface area contributed by atoms with Crippen molar-refractivity contribution in [2.45, 2.75) is 13.8 Å². The maximum Gasteiger partial charge on any atom is 0.274 e. The Kier molecular flexibility index (Phi) is 4.38. The Morgan fingerprint density at radius 2 is 1.67 bits per heavy atom. The standard InChI is InChI=1S/C21H19N3O3/c1-13-7-14(2)9-17(8-13)23-16-5-6-22-18(10-16)21(25)24-15-3-4-19-20(11-15)27-12-26-19/h3-11H,12H2,1-2H3,(H,22,23)(H,24,25). The number of amides is 1. The number of aryl methyl sites for hydroxylation is 2. The van der Waals surface area contributed by atoms with E-state index in [1.54, 1.807) is 30.5 Å². The van der Waals surface area contributed by atoms with E-state index in [0.717, 1.165) is 11.4 Å². The molecule has 0 saturated carbocycles. The minimum absolute atomic E-state index is 0.195. The van der Waals surface area contributed by atoms with Crippen LogP contribution in [0.2, 0.25) is 0 Å². The van der Waals surface area contributed by atoms with Gasteiger partial charge in [0.15, 0.2) is 11.5 Å². The molecule has 136 valence electrons. The van der Waals surface area contributed by atoms with Gasteiger partial charge in [-0.2, -0.15) is 0 Å². The minimum atomic E-state index is -0.294. The van der Waals surface area contributed by atoms with E-state index in [0.29, 0.717) is 22.9 Å². The van der Waals surface area contributed by atoms with E-state index in [1.807, 2.05) is 6.07 Å². The average molecular weight is 361 g/mol. The van der Waals surface area contributed by atoms with Gasteiger partial charge in [0.1, 0.15) is 5.69 Å². The Morgan fingerprint density at radius 1 is 0.889 bits per heavy atom. The number of ether oxygens (including phenoxy) is 2. The van der Waals surface area contributed by atoms with Gasteiger partial charge in [0.25, 0.3) is 5.91 Å². The Morgan fingerprint density at radius 3 is 2.48 bits per heavy atom. The maximum absolute atomic E-state index is 12.6. The lowest BCUT2D eigenvalue weighted by atomic mass is 10.1. The third-order valence-corrected chi connectivity index (χ3v) is 4.13. The van der Waals surface area contributed by atoms with Gasteiger partial charge in [-0.25, -0.2) is 0 Å². The summed E-state index contributed by atoms with van der Waals surface area (Å²) >= 11 is 0. The van der Waals surface area contributed by atoms with Crippen molar-refractivity contribution in [2.75, 3.05) is 17.4 Å². The van der Waals surface area contributed by atoms with Crippen molar-refractivity contribution in [2.24, 2.45) is 0 Å². The molecule has 2 aromatic carbocycles. The van der Waals surface area contributed by atoms with Crippen molar-refractivity contribution >= 4 is 23.0 Å².